The Morgan fingerprint density at radius 2 is 2.00 bits per heavy atom. The van der Waals surface area contributed by atoms with Gasteiger partial charge in [-0.15, -0.1) is 0 Å². The molecular formula is C14H13Cl2N3. The number of halogens is 2. The summed E-state index contributed by atoms with van der Waals surface area (Å²) >= 11 is 12.4. The van der Waals surface area contributed by atoms with Crippen LogP contribution in [0.25, 0.3) is 11.3 Å². The van der Waals surface area contributed by atoms with Gasteiger partial charge >= 0.3 is 0 Å². The van der Waals surface area contributed by atoms with Crippen LogP contribution >= 0.6 is 23.2 Å². The quantitative estimate of drug-likeness (QED) is 0.921. The zero-order chi connectivity index (χ0) is 13.0. The lowest BCUT2D eigenvalue weighted by atomic mass is 10.1. The van der Waals surface area contributed by atoms with E-state index in [0.717, 1.165) is 41.2 Å². The predicted molar refractivity (Wildman–Crippen MR) is 76.6 cm³/mol. The van der Waals surface area contributed by atoms with Crippen LogP contribution in [0.5, 0.6) is 0 Å². The van der Waals surface area contributed by atoms with E-state index in [4.69, 9.17) is 23.2 Å². The first kappa shape index (κ1) is 11.8. The van der Waals surface area contributed by atoms with Crippen LogP contribution in [0.4, 0.5) is 0 Å². The summed E-state index contributed by atoms with van der Waals surface area (Å²) in [4.78, 5) is 4.30. The number of aromatic nitrogens is 2. The molecule has 2 aliphatic rings. The molecule has 2 atom stereocenters. The Hall–Kier alpha value is -1.03. The lowest BCUT2D eigenvalue weighted by Crippen LogP contribution is -2.16. The molecule has 1 aliphatic carbocycles. The number of nitrogens with zero attached hydrogens (tertiary/aromatic N) is 2. The molecule has 3 nitrogen and oxygen atoms in total. The summed E-state index contributed by atoms with van der Waals surface area (Å²) in [6.45, 7) is 2.21. The van der Waals surface area contributed by atoms with Gasteiger partial charge in [-0.1, -0.05) is 23.2 Å². The van der Waals surface area contributed by atoms with Crippen molar-refractivity contribution in [1.82, 2.24) is 14.9 Å². The summed E-state index contributed by atoms with van der Waals surface area (Å²) < 4.78 is 2.26. The second-order valence-corrected chi connectivity index (χ2v) is 6.13. The van der Waals surface area contributed by atoms with Crippen LogP contribution in [0, 0.1) is 11.8 Å². The van der Waals surface area contributed by atoms with Crippen LogP contribution in [0.15, 0.2) is 30.7 Å². The molecule has 2 unspecified atom stereocenters. The molecule has 1 N–H and O–H groups in total. The standard InChI is InChI=1S/C14H13Cl2N3/c15-8-1-2-12(16)9(3-8)13-6-18-7-19(13)14-10-4-17-5-11(10)14/h1-3,6-7,10-11,14,17H,4-5H2. The first-order valence-corrected chi connectivity index (χ1v) is 7.19. The van der Waals surface area contributed by atoms with Crippen molar-refractivity contribution in [1.29, 1.82) is 0 Å². The van der Waals surface area contributed by atoms with Gasteiger partial charge in [0.1, 0.15) is 0 Å². The molecule has 1 aromatic carbocycles. The minimum absolute atomic E-state index is 0.564. The molecule has 2 fully saturated rings. The fourth-order valence-electron chi connectivity index (χ4n) is 3.24. The highest BCUT2D eigenvalue weighted by Gasteiger charge is 2.54. The predicted octanol–water partition coefficient (Wildman–Crippen LogP) is 3.25. The molecule has 2 heterocycles. The summed E-state index contributed by atoms with van der Waals surface area (Å²) in [5.41, 5.74) is 2.02. The highest BCUT2D eigenvalue weighted by Crippen LogP contribution is 2.54. The molecule has 98 valence electrons. The van der Waals surface area contributed by atoms with Crippen molar-refractivity contribution < 1.29 is 0 Å². The highest BCUT2D eigenvalue weighted by molar-refractivity contribution is 6.35. The third kappa shape index (κ3) is 1.80. The number of benzene rings is 1. The van der Waals surface area contributed by atoms with E-state index < -0.39 is 0 Å². The van der Waals surface area contributed by atoms with E-state index in [2.05, 4.69) is 14.9 Å². The van der Waals surface area contributed by atoms with E-state index in [0.29, 0.717) is 11.1 Å². The summed E-state index contributed by atoms with van der Waals surface area (Å²) in [5, 5.41) is 4.83. The Balaban J connectivity index is 1.76. The van der Waals surface area contributed by atoms with Gasteiger partial charge in [-0.2, -0.15) is 0 Å². The van der Waals surface area contributed by atoms with Crippen molar-refractivity contribution in [2.45, 2.75) is 6.04 Å². The van der Waals surface area contributed by atoms with Gasteiger partial charge in [0.25, 0.3) is 0 Å². The molecule has 5 heteroatoms. The van der Waals surface area contributed by atoms with Crippen LogP contribution < -0.4 is 5.32 Å². The SMILES string of the molecule is Clc1ccc(Cl)c(-c2cncn2C2C3CNCC32)c1. The van der Waals surface area contributed by atoms with E-state index in [9.17, 15) is 0 Å². The Kier molecular flexibility index (Phi) is 2.62. The van der Waals surface area contributed by atoms with Crippen LogP contribution in [-0.2, 0) is 0 Å². The first-order chi connectivity index (χ1) is 9.25. The van der Waals surface area contributed by atoms with Crippen LogP contribution in [0.3, 0.4) is 0 Å². The minimum atomic E-state index is 0.564. The molecule has 1 saturated heterocycles. The maximum Gasteiger partial charge on any atom is 0.0953 e. The average Bonchev–Trinajstić information content (AvgIpc) is 2.85. The topological polar surface area (TPSA) is 29.9 Å². The lowest BCUT2D eigenvalue weighted by Gasteiger charge is -2.12. The number of nitrogens with one attached hydrogen (secondary N) is 1. The Bertz CT molecular complexity index is 627. The Morgan fingerprint density at radius 1 is 1.21 bits per heavy atom. The molecule has 0 bridgehead atoms. The zero-order valence-corrected chi connectivity index (χ0v) is 11.7. The molecule has 1 aromatic heterocycles. The minimum Gasteiger partial charge on any atom is -0.327 e. The zero-order valence-electron chi connectivity index (χ0n) is 10.2. The second kappa shape index (κ2) is 4.23. The molecule has 2 aromatic rings. The second-order valence-electron chi connectivity index (χ2n) is 5.29. The first-order valence-electron chi connectivity index (χ1n) is 6.43. The molecular weight excluding hydrogens is 281 g/mol. The number of fused-ring (bicyclic) bond motifs is 1. The lowest BCUT2D eigenvalue weighted by molar-refractivity contribution is 0.573. The van der Waals surface area contributed by atoms with E-state index >= 15 is 0 Å². The molecule has 0 spiro atoms. The van der Waals surface area contributed by atoms with Crippen LogP contribution in [0.1, 0.15) is 6.04 Å². The van der Waals surface area contributed by atoms with E-state index in [1.54, 1.807) is 0 Å². The van der Waals surface area contributed by atoms with Crippen molar-refractivity contribution in [3.8, 4) is 11.3 Å². The molecule has 1 aliphatic heterocycles. The molecule has 4 rings (SSSR count). The third-order valence-corrected chi connectivity index (χ3v) is 4.80. The van der Waals surface area contributed by atoms with Gasteiger partial charge in [0.15, 0.2) is 0 Å². The molecule has 0 amide bonds. The summed E-state index contributed by atoms with van der Waals surface area (Å²) in [6, 6.07) is 6.12. The average molecular weight is 294 g/mol. The molecule has 1 saturated carbocycles. The summed E-state index contributed by atoms with van der Waals surface area (Å²) in [6.07, 6.45) is 3.79. The van der Waals surface area contributed by atoms with Gasteiger partial charge in [0.2, 0.25) is 0 Å². The molecule has 19 heavy (non-hydrogen) atoms. The number of hydrogen-bond acceptors (Lipinski definition) is 2. The van der Waals surface area contributed by atoms with Crippen molar-refractivity contribution in [2.75, 3.05) is 13.1 Å². The van der Waals surface area contributed by atoms with Gasteiger partial charge in [-0.25, -0.2) is 4.98 Å². The van der Waals surface area contributed by atoms with E-state index in [1.165, 1.54) is 0 Å². The van der Waals surface area contributed by atoms with Crippen LogP contribution in [-0.4, -0.2) is 22.6 Å². The highest BCUT2D eigenvalue weighted by atomic mass is 35.5. The largest absolute Gasteiger partial charge is 0.327 e. The van der Waals surface area contributed by atoms with Gasteiger partial charge in [-0.3, -0.25) is 0 Å². The number of hydrogen-bond donors (Lipinski definition) is 1. The monoisotopic (exact) mass is 293 g/mol. The number of imidazole rings is 1. The van der Waals surface area contributed by atoms with Gasteiger partial charge < -0.3 is 9.88 Å². The fourth-order valence-corrected chi connectivity index (χ4v) is 3.63. The summed E-state index contributed by atoms with van der Waals surface area (Å²) in [7, 11) is 0. The van der Waals surface area contributed by atoms with Crippen molar-refractivity contribution >= 4 is 23.2 Å². The third-order valence-electron chi connectivity index (χ3n) is 4.24. The van der Waals surface area contributed by atoms with Gasteiger partial charge in [0, 0.05) is 29.7 Å². The van der Waals surface area contributed by atoms with Crippen molar-refractivity contribution in [3.63, 3.8) is 0 Å². The smallest absolute Gasteiger partial charge is 0.0953 e. The Morgan fingerprint density at radius 3 is 2.79 bits per heavy atom. The Labute approximate surface area is 121 Å². The van der Waals surface area contributed by atoms with Crippen LogP contribution in [0.2, 0.25) is 10.0 Å². The maximum atomic E-state index is 6.29. The summed E-state index contributed by atoms with van der Waals surface area (Å²) in [5.74, 6) is 1.48. The van der Waals surface area contributed by atoms with Gasteiger partial charge in [-0.05, 0) is 30.0 Å². The normalized spacial score (nSPS) is 28.4. The van der Waals surface area contributed by atoms with Crippen molar-refractivity contribution in [3.05, 3.63) is 40.8 Å². The number of rotatable bonds is 2. The molecule has 0 radical (unpaired) electrons. The number of piperidine rings is 1. The fraction of sp³-hybridized carbons (Fsp3) is 0.357. The maximum absolute atomic E-state index is 6.29. The van der Waals surface area contributed by atoms with E-state index in [-0.39, 0.29) is 0 Å². The van der Waals surface area contributed by atoms with Crippen molar-refractivity contribution in [2.24, 2.45) is 11.8 Å². The van der Waals surface area contributed by atoms with Gasteiger partial charge in [0.05, 0.1) is 23.2 Å². The van der Waals surface area contributed by atoms with E-state index in [1.807, 2.05) is 30.7 Å².